The normalized spacial score (nSPS) is 19.7. The minimum Gasteiger partial charge on any atom is -0.374 e. The van der Waals surface area contributed by atoms with Crippen LogP contribution < -0.4 is 15.5 Å². The number of rotatable bonds is 5. The molecule has 1 saturated heterocycles. The van der Waals surface area contributed by atoms with E-state index in [0.29, 0.717) is 0 Å². The van der Waals surface area contributed by atoms with E-state index >= 15 is 0 Å². The highest BCUT2D eigenvalue weighted by Gasteiger charge is 2.33. The Morgan fingerprint density at radius 1 is 1.08 bits per heavy atom. The molecule has 0 unspecified atom stereocenters. The quantitative estimate of drug-likeness (QED) is 0.862. The SMILES string of the molecule is N#CC1(NC(=O)CNc2ccccc2N2CCCCC2)CCCCC1. The van der Waals surface area contributed by atoms with E-state index < -0.39 is 5.54 Å². The molecule has 2 fully saturated rings. The van der Waals surface area contributed by atoms with E-state index in [4.69, 9.17) is 0 Å². The lowest BCUT2D eigenvalue weighted by atomic mass is 9.83. The van der Waals surface area contributed by atoms with Gasteiger partial charge in [-0.3, -0.25) is 4.79 Å². The van der Waals surface area contributed by atoms with E-state index in [2.05, 4.69) is 27.7 Å². The van der Waals surface area contributed by atoms with Crippen LogP contribution in [0.5, 0.6) is 0 Å². The standard InChI is InChI=1S/C20H28N4O/c21-16-20(11-5-1-6-12-20)23-19(25)15-22-17-9-3-4-10-18(17)24-13-7-2-8-14-24/h3-4,9-10,22H,1-2,5-8,11-15H2,(H,23,25). The molecule has 1 aromatic rings. The summed E-state index contributed by atoms with van der Waals surface area (Å²) in [5, 5.41) is 15.8. The molecule has 1 saturated carbocycles. The highest BCUT2D eigenvalue weighted by molar-refractivity contribution is 5.83. The van der Waals surface area contributed by atoms with Gasteiger partial charge in [-0.2, -0.15) is 5.26 Å². The molecule has 1 aromatic carbocycles. The number of piperidine rings is 1. The Morgan fingerprint density at radius 2 is 1.76 bits per heavy atom. The van der Waals surface area contributed by atoms with Gasteiger partial charge in [-0.15, -0.1) is 0 Å². The number of carbonyl (C=O) groups is 1. The lowest BCUT2D eigenvalue weighted by Crippen LogP contribution is -2.50. The Balaban J connectivity index is 1.59. The molecule has 1 aliphatic heterocycles. The smallest absolute Gasteiger partial charge is 0.240 e. The molecule has 1 amide bonds. The average molecular weight is 340 g/mol. The van der Waals surface area contributed by atoms with Crippen molar-refractivity contribution in [3.8, 4) is 6.07 Å². The summed E-state index contributed by atoms with van der Waals surface area (Å²) in [5.41, 5.74) is 1.50. The maximum atomic E-state index is 12.4. The third-order valence-corrected chi connectivity index (χ3v) is 5.34. The summed E-state index contributed by atoms with van der Waals surface area (Å²) in [5.74, 6) is -0.100. The molecule has 0 spiro atoms. The number of nitriles is 1. The number of nitrogens with one attached hydrogen (secondary N) is 2. The summed E-state index contributed by atoms with van der Waals surface area (Å²) >= 11 is 0. The number of carbonyl (C=O) groups excluding carboxylic acids is 1. The van der Waals surface area contributed by atoms with Crippen molar-refractivity contribution in [3.63, 3.8) is 0 Å². The van der Waals surface area contributed by atoms with Gasteiger partial charge in [0.25, 0.3) is 0 Å². The van der Waals surface area contributed by atoms with Gasteiger partial charge in [0, 0.05) is 13.1 Å². The molecule has 0 atom stereocenters. The monoisotopic (exact) mass is 340 g/mol. The fraction of sp³-hybridized carbons (Fsp3) is 0.600. The molecule has 134 valence electrons. The molecular formula is C20H28N4O. The first kappa shape index (κ1) is 17.6. The van der Waals surface area contributed by atoms with Gasteiger partial charge < -0.3 is 15.5 Å². The number of nitrogens with zero attached hydrogens (tertiary/aromatic N) is 2. The van der Waals surface area contributed by atoms with Crippen LogP contribution >= 0.6 is 0 Å². The number of anilines is 2. The Morgan fingerprint density at radius 3 is 2.48 bits per heavy atom. The number of hydrogen-bond acceptors (Lipinski definition) is 4. The van der Waals surface area contributed by atoms with Gasteiger partial charge in [-0.05, 0) is 44.2 Å². The lowest BCUT2D eigenvalue weighted by molar-refractivity contribution is -0.121. The van der Waals surface area contributed by atoms with Gasteiger partial charge in [0.15, 0.2) is 0 Å². The van der Waals surface area contributed by atoms with Crippen molar-refractivity contribution < 1.29 is 4.79 Å². The number of benzene rings is 1. The first-order valence-corrected chi connectivity index (χ1v) is 9.53. The molecule has 0 aromatic heterocycles. The van der Waals surface area contributed by atoms with Crippen LogP contribution in [0, 0.1) is 11.3 Å². The third-order valence-electron chi connectivity index (χ3n) is 5.34. The molecular weight excluding hydrogens is 312 g/mol. The summed E-state index contributed by atoms with van der Waals surface area (Å²) in [6.45, 7) is 2.35. The number of amides is 1. The number of para-hydroxylation sites is 2. The Kier molecular flexibility index (Phi) is 5.80. The minimum absolute atomic E-state index is 0.100. The zero-order valence-electron chi connectivity index (χ0n) is 14.9. The van der Waals surface area contributed by atoms with Crippen molar-refractivity contribution in [1.29, 1.82) is 5.26 Å². The first-order chi connectivity index (χ1) is 12.2. The summed E-state index contributed by atoms with van der Waals surface area (Å²) in [6.07, 6.45) is 8.45. The van der Waals surface area contributed by atoms with Crippen molar-refractivity contribution in [2.75, 3.05) is 29.9 Å². The van der Waals surface area contributed by atoms with Crippen LogP contribution in [0.3, 0.4) is 0 Å². The van der Waals surface area contributed by atoms with Gasteiger partial charge in [0.1, 0.15) is 5.54 Å². The Bertz CT molecular complexity index is 625. The van der Waals surface area contributed by atoms with Gasteiger partial charge >= 0.3 is 0 Å². The second-order valence-electron chi connectivity index (χ2n) is 7.22. The molecule has 25 heavy (non-hydrogen) atoms. The number of hydrogen-bond donors (Lipinski definition) is 2. The fourth-order valence-electron chi connectivity index (χ4n) is 3.94. The average Bonchev–Trinajstić information content (AvgIpc) is 2.68. The van der Waals surface area contributed by atoms with E-state index in [1.807, 2.05) is 18.2 Å². The summed E-state index contributed by atoms with van der Waals surface area (Å²) < 4.78 is 0. The molecule has 5 nitrogen and oxygen atoms in total. The topological polar surface area (TPSA) is 68.2 Å². The molecule has 2 aliphatic rings. The second kappa shape index (κ2) is 8.24. The van der Waals surface area contributed by atoms with Crippen LogP contribution in [0.25, 0.3) is 0 Å². The Labute approximate surface area is 150 Å². The lowest BCUT2D eigenvalue weighted by Gasteiger charge is -2.32. The first-order valence-electron chi connectivity index (χ1n) is 9.53. The van der Waals surface area contributed by atoms with Crippen molar-refractivity contribution in [3.05, 3.63) is 24.3 Å². The van der Waals surface area contributed by atoms with E-state index in [1.165, 1.54) is 24.9 Å². The predicted octanol–water partition coefficient (Wildman–Crippen LogP) is 3.43. The molecule has 3 rings (SSSR count). The van der Waals surface area contributed by atoms with E-state index in [1.54, 1.807) is 0 Å². The zero-order valence-corrected chi connectivity index (χ0v) is 14.9. The fourth-order valence-corrected chi connectivity index (χ4v) is 3.94. The van der Waals surface area contributed by atoms with Crippen molar-refractivity contribution in [1.82, 2.24) is 5.32 Å². The predicted molar refractivity (Wildman–Crippen MR) is 101 cm³/mol. The van der Waals surface area contributed by atoms with E-state index in [-0.39, 0.29) is 12.5 Å². The van der Waals surface area contributed by atoms with E-state index in [0.717, 1.165) is 50.9 Å². The van der Waals surface area contributed by atoms with Crippen LogP contribution in [-0.2, 0) is 4.79 Å². The van der Waals surface area contributed by atoms with Gasteiger partial charge in [-0.25, -0.2) is 0 Å². The van der Waals surface area contributed by atoms with E-state index in [9.17, 15) is 10.1 Å². The van der Waals surface area contributed by atoms with Gasteiger partial charge in [0.2, 0.25) is 5.91 Å². The van der Waals surface area contributed by atoms with Crippen molar-refractivity contribution in [2.24, 2.45) is 0 Å². The maximum absolute atomic E-state index is 12.4. The highest BCUT2D eigenvalue weighted by atomic mass is 16.2. The second-order valence-corrected chi connectivity index (χ2v) is 7.22. The molecule has 2 N–H and O–H groups in total. The van der Waals surface area contributed by atoms with Gasteiger partial charge in [-0.1, -0.05) is 31.4 Å². The Hall–Kier alpha value is -2.22. The van der Waals surface area contributed by atoms with Crippen LogP contribution in [0.2, 0.25) is 0 Å². The van der Waals surface area contributed by atoms with Crippen molar-refractivity contribution >= 4 is 17.3 Å². The molecule has 1 aliphatic carbocycles. The molecule has 1 heterocycles. The summed E-state index contributed by atoms with van der Waals surface area (Å²) in [4.78, 5) is 14.8. The molecule has 0 bridgehead atoms. The van der Waals surface area contributed by atoms with Crippen molar-refractivity contribution in [2.45, 2.75) is 56.9 Å². The summed E-state index contributed by atoms with van der Waals surface area (Å²) in [6, 6.07) is 10.5. The van der Waals surface area contributed by atoms with Crippen LogP contribution in [0.4, 0.5) is 11.4 Å². The van der Waals surface area contributed by atoms with Crippen LogP contribution in [0.1, 0.15) is 51.4 Å². The maximum Gasteiger partial charge on any atom is 0.240 e. The highest BCUT2D eigenvalue weighted by Crippen LogP contribution is 2.29. The molecule has 0 radical (unpaired) electrons. The largest absolute Gasteiger partial charge is 0.374 e. The third kappa shape index (κ3) is 4.45. The summed E-state index contributed by atoms with van der Waals surface area (Å²) in [7, 11) is 0. The van der Waals surface area contributed by atoms with Gasteiger partial charge in [0.05, 0.1) is 24.0 Å². The van der Waals surface area contributed by atoms with Crippen LogP contribution in [0.15, 0.2) is 24.3 Å². The zero-order chi connectivity index (χ0) is 17.5. The minimum atomic E-state index is -0.663. The van der Waals surface area contributed by atoms with Crippen LogP contribution in [-0.4, -0.2) is 31.1 Å². The molecule has 5 heteroatoms.